The number of nitrogen functional groups attached to an aromatic ring is 1. The van der Waals surface area contributed by atoms with Gasteiger partial charge < -0.3 is 20.1 Å². The monoisotopic (exact) mass is 325 g/mol. The summed E-state index contributed by atoms with van der Waals surface area (Å²) in [4.78, 5) is 11.0. The first-order chi connectivity index (χ1) is 11.8. The zero-order valence-electron chi connectivity index (χ0n) is 13.5. The molecule has 1 aliphatic heterocycles. The molecule has 0 bridgehead atoms. The Morgan fingerprint density at radius 1 is 1.21 bits per heavy atom. The molecule has 1 fully saturated rings. The van der Waals surface area contributed by atoms with Crippen LogP contribution in [-0.2, 0) is 4.74 Å². The third-order valence-electron chi connectivity index (χ3n) is 4.24. The maximum Gasteiger partial charge on any atom is 0.206 e. The van der Waals surface area contributed by atoms with Crippen molar-refractivity contribution in [1.29, 1.82) is 0 Å². The number of anilines is 2. The van der Waals surface area contributed by atoms with E-state index in [0.29, 0.717) is 5.95 Å². The van der Waals surface area contributed by atoms with Crippen LogP contribution in [0.1, 0.15) is 0 Å². The Morgan fingerprint density at radius 3 is 2.83 bits per heavy atom. The summed E-state index contributed by atoms with van der Waals surface area (Å²) in [6.07, 6.45) is 3.50. The topological polar surface area (TPSA) is 77.9 Å². The molecule has 0 atom stereocenters. The Morgan fingerprint density at radius 2 is 2.04 bits per heavy atom. The van der Waals surface area contributed by atoms with Gasteiger partial charge in [0.05, 0.1) is 31.7 Å². The zero-order chi connectivity index (χ0) is 16.5. The van der Waals surface area contributed by atoms with Crippen molar-refractivity contribution in [3.8, 4) is 17.0 Å². The van der Waals surface area contributed by atoms with Gasteiger partial charge in [0.15, 0.2) is 0 Å². The summed E-state index contributed by atoms with van der Waals surface area (Å²) >= 11 is 0. The number of ether oxygens (including phenoxy) is 2. The van der Waals surface area contributed by atoms with Crippen molar-refractivity contribution in [2.45, 2.75) is 0 Å². The number of aromatic nitrogens is 3. The molecule has 1 saturated heterocycles. The summed E-state index contributed by atoms with van der Waals surface area (Å²) in [7, 11) is 1.68. The lowest BCUT2D eigenvalue weighted by Gasteiger charge is -2.30. The van der Waals surface area contributed by atoms with Gasteiger partial charge in [-0.2, -0.15) is 0 Å². The number of imidazole rings is 1. The van der Waals surface area contributed by atoms with Crippen molar-refractivity contribution in [3.63, 3.8) is 0 Å². The summed E-state index contributed by atoms with van der Waals surface area (Å²) < 4.78 is 12.8. The second kappa shape index (κ2) is 6.01. The van der Waals surface area contributed by atoms with Crippen LogP contribution < -0.4 is 15.4 Å². The van der Waals surface area contributed by atoms with Crippen molar-refractivity contribution in [1.82, 2.24) is 14.4 Å². The average molecular weight is 325 g/mol. The van der Waals surface area contributed by atoms with E-state index in [1.165, 1.54) is 0 Å². The van der Waals surface area contributed by atoms with E-state index in [2.05, 4.69) is 20.9 Å². The van der Waals surface area contributed by atoms with Crippen LogP contribution in [-0.4, -0.2) is 47.8 Å². The molecule has 0 amide bonds. The first-order valence-corrected chi connectivity index (χ1v) is 7.87. The lowest BCUT2D eigenvalue weighted by molar-refractivity contribution is 0.122. The second-order valence-electron chi connectivity index (χ2n) is 5.64. The minimum absolute atomic E-state index is 0.413. The Labute approximate surface area is 139 Å². The molecule has 7 heteroatoms. The molecule has 3 heterocycles. The standard InChI is InChI=1S/C17H19N5O2/c1-23-15-10-12(2-3-14(15)21-6-8-24-9-7-21)13-11-16-19-4-5-22(16)17(18)20-13/h2-5,10-11H,6-9H2,1H3,(H2,18,20). The first-order valence-electron chi connectivity index (χ1n) is 7.87. The molecule has 0 radical (unpaired) electrons. The highest BCUT2D eigenvalue weighted by atomic mass is 16.5. The summed E-state index contributed by atoms with van der Waals surface area (Å²) in [5.41, 5.74) is 9.58. The molecule has 1 aromatic carbocycles. The van der Waals surface area contributed by atoms with E-state index >= 15 is 0 Å². The predicted molar refractivity (Wildman–Crippen MR) is 92.4 cm³/mol. The maximum absolute atomic E-state index is 6.01. The molecule has 3 aromatic rings. The Kier molecular flexibility index (Phi) is 3.70. The minimum atomic E-state index is 0.413. The molecule has 4 rings (SSSR count). The molecule has 0 spiro atoms. The fraction of sp³-hybridized carbons (Fsp3) is 0.294. The molecular formula is C17H19N5O2. The van der Waals surface area contributed by atoms with E-state index < -0.39 is 0 Å². The van der Waals surface area contributed by atoms with Crippen LogP contribution in [0.2, 0.25) is 0 Å². The summed E-state index contributed by atoms with van der Waals surface area (Å²) in [5, 5.41) is 0. The molecule has 0 saturated carbocycles. The number of hydrogen-bond donors (Lipinski definition) is 1. The van der Waals surface area contributed by atoms with E-state index in [0.717, 1.165) is 54.6 Å². The lowest BCUT2D eigenvalue weighted by atomic mass is 10.1. The van der Waals surface area contributed by atoms with E-state index in [9.17, 15) is 0 Å². The lowest BCUT2D eigenvalue weighted by Crippen LogP contribution is -2.36. The van der Waals surface area contributed by atoms with Gasteiger partial charge in [0, 0.05) is 37.1 Å². The number of nitrogens with two attached hydrogens (primary N) is 1. The smallest absolute Gasteiger partial charge is 0.206 e. The summed E-state index contributed by atoms with van der Waals surface area (Å²) in [6.45, 7) is 3.20. The van der Waals surface area contributed by atoms with Crippen molar-refractivity contribution in [3.05, 3.63) is 36.7 Å². The molecule has 0 aliphatic carbocycles. The highest BCUT2D eigenvalue weighted by Crippen LogP contribution is 2.33. The third-order valence-corrected chi connectivity index (χ3v) is 4.24. The van der Waals surface area contributed by atoms with Crippen molar-refractivity contribution >= 4 is 17.3 Å². The minimum Gasteiger partial charge on any atom is -0.495 e. The van der Waals surface area contributed by atoms with Gasteiger partial charge in [-0.05, 0) is 12.1 Å². The van der Waals surface area contributed by atoms with Crippen LogP contribution in [0.25, 0.3) is 16.9 Å². The number of morpholine rings is 1. The molecular weight excluding hydrogens is 306 g/mol. The first kappa shape index (κ1) is 14.8. The van der Waals surface area contributed by atoms with Crippen LogP contribution in [0.5, 0.6) is 5.75 Å². The normalized spacial score (nSPS) is 15.0. The second-order valence-corrected chi connectivity index (χ2v) is 5.64. The largest absolute Gasteiger partial charge is 0.495 e. The molecule has 1 aliphatic rings. The predicted octanol–water partition coefficient (Wildman–Crippen LogP) is 1.82. The van der Waals surface area contributed by atoms with Crippen molar-refractivity contribution in [2.75, 3.05) is 44.0 Å². The van der Waals surface area contributed by atoms with E-state index in [4.69, 9.17) is 15.2 Å². The number of benzene rings is 1. The van der Waals surface area contributed by atoms with E-state index in [1.807, 2.05) is 18.2 Å². The number of hydrogen-bond acceptors (Lipinski definition) is 6. The number of methoxy groups -OCH3 is 1. The fourth-order valence-electron chi connectivity index (χ4n) is 3.00. The van der Waals surface area contributed by atoms with Crippen LogP contribution in [0.15, 0.2) is 36.7 Å². The van der Waals surface area contributed by atoms with Crippen LogP contribution in [0.4, 0.5) is 11.6 Å². The highest BCUT2D eigenvalue weighted by molar-refractivity contribution is 5.72. The van der Waals surface area contributed by atoms with Crippen molar-refractivity contribution < 1.29 is 9.47 Å². The molecule has 24 heavy (non-hydrogen) atoms. The Balaban J connectivity index is 1.74. The van der Waals surface area contributed by atoms with Crippen LogP contribution in [0, 0.1) is 0 Å². The molecule has 2 N–H and O–H groups in total. The van der Waals surface area contributed by atoms with Crippen molar-refractivity contribution in [2.24, 2.45) is 0 Å². The molecule has 0 unspecified atom stereocenters. The van der Waals surface area contributed by atoms with E-state index in [1.54, 1.807) is 23.9 Å². The van der Waals surface area contributed by atoms with Gasteiger partial charge >= 0.3 is 0 Å². The number of rotatable bonds is 3. The summed E-state index contributed by atoms with van der Waals surface area (Å²) in [6, 6.07) is 8.01. The highest BCUT2D eigenvalue weighted by Gasteiger charge is 2.17. The van der Waals surface area contributed by atoms with Gasteiger partial charge in [-0.15, -0.1) is 0 Å². The van der Waals surface area contributed by atoms with Crippen LogP contribution >= 0.6 is 0 Å². The molecule has 124 valence electrons. The third kappa shape index (κ3) is 2.52. The molecule has 7 nitrogen and oxygen atoms in total. The maximum atomic E-state index is 6.01. The summed E-state index contributed by atoms with van der Waals surface area (Å²) in [5.74, 6) is 1.23. The van der Waals surface area contributed by atoms with Gasteiger partial charge in [-0.1, -0.05) is 6.07 Å². The average Bonchev–Trinajstić information content (AvgIpc) is 3.11. The SMILES string of the molecule is COc1cc(-c2cc3nccn3c(N)n2)ccc1N1CCOCC1. The quantitative estimate of drug-likeness (QED) is 0.791. The Hall–Kier alpha value is -2.80. The Bertz CT molecular complexity index is 871. The number of nitrogens with zero attached hydrogens (tertiary/aromatic N) is 4. The molecule has 2 aromatic heterocycles. The van der Waals surface area contributed by atoms with Crippen LogP contribution in [0.3, 0.4) is 0 Å². The fourth-order valence-corrected chi connectivity index (χ4v) is 3.00. The van der Waals surface area contributed by atoms with Gasteiger partial charge in [0.2, 0.25) is 5.95 Å². The van der Waals surface area contributed by atoms with Gasteiger partial charge in [-0.3, -0.25) is 4.40 Å². The van der Waals surface area contributed by atoms with Gasteiger partial charge in [0.25, 0.3) is 0 Å². The van der Waals surface area contributed by atoms with Gasteiger partial charge in [0.1, 0.15) is 11.4 Å². The van der Waals surface area contributed by atoms with E-state index in [-0.39, 0.29) is 0 Å². The van der Waals surface area contributed by atoms with Gasteiger partial charge in [-0.25, -0.2) is 9.97 Å². The zero-order valence-corrected chi connectivity index (χ0v) is 13.5. The number of fused-ring (bicyclic) bond motifs is 1.